The molecule has 0 aliphatic rings. The van der Waals surface area contributed by atoms with Crippen LogP contribution >= 0.6 is 11.6 Å². The Morgan fingerprint density at radius 1 is 1.14 bits per heavy atom. The van der Waals surface area contributed by atoms with Gasteiger partial charge in [0.15, 0.2) is 0 Å². The molecule has 0 radical (unpaired) electrons. The van der Waals surface area contributed by atoms with Crippen molar-refractivity contribution < 1.29 is 31.1 Å². The molecule has 0 aliphatic heterocycles. The highest BCUT2D eigenvalue weighted by molar-refractivity contribution is 6.17. The van der Waals surface area contributed by atoms with Gasteiger partial charge in [-0.2, -0.15) is 13.2 Å². The number of halogens is 7. The lowest BCUT2D eigenvalue weighted by molar-refractivity contribution is -0.254. The molecule has 1 atom stereocenters. The Morgan fingerprint density at radius 3 is 2.00 bits per heavy atom. The van der Waals surface area contributed by atoms with Crippen molar-refractivity contribution in [2.24, 2.45) is 0 Å². The average Bonchev–Trinajstić information content (AvgIpc) is 2.01. The summed E-state index contributed by atoms with van der Waals surface area (Å²) >= 11 is 5.01. The van der Waals surface area contributed by atoms with E-state index in [-0.39, 0.29) is 12.5 Å². The lowest BCUT2D eigenvalue weighted by atomic mass is 10.2. The molecule has 8 heteroatoms. The zero-order valence-corrected chi connectivity index (χ0v) is 7.51. The van der Waals surface area contributed by atoms with Crippen molar-refractivity contribution in [3.8, 4) is 0 Å². The zero-order chi connectivity index (χ0) is 11.4. The van der Waals surface area contributed by atoms with Crippen molar-refractivity contribution in [1.29, 1.82) is 0 Å². The summed E-state index contributed by atoms with van der Waals surface area (Å²) < 4.78 is 75.5. The molecule has 0 bridgehead atoms. The van der Waals surface area contributed by atoms with E-state index in [9.17, 15) is 26.3 Å². The van der Waals surface area contributed by atoms with Gasteiger partial charge in [-0.05, 0) is 0 Å². The molecule has 0 N–H and O–H groups in total. The predicted molar refractivity (Wildman–Crippen MR) is 37.4 cm³/mol. The van der Waals surface area contributed by atoms with E-state index in [1.54, 1.807) is 0 Å². The Labute approximate surface area is 81.0 Å². The standard InChI is InChI=1S/C6H7ClF6O/c7-1-2-14-3-5(9,10)4(8)6(11,12)13/h4H,1-3H2/t4-/m1/s1. The second-order valence-electron chi connectivity index (χ2n) is 2.41. The van der Waals surface area contributed by atoms with Crippen molar-refractivity contribution in [3.63, 3.8) is 0 Å². The lowest BCUT2D eigenvalue weighted by Crippen LogP contribution is -2.44. The van der Waals surface area contributed by atoms with Crippen LogP contribution in [0.1, 0.15) is 0 Å². The van der Waals surface area contributed by atoms with Crippen LogP contribution in [-0.4, -0.2) is 37.4 Å². The maximum Gasteiger partial charge on any atom is 0.425 e. The third-order valence-electron chi connectivity index (χ3n) is 1.17. The molecule has 0 fully saturated rings. The molecule has 14 heavy (non-hydrogen) atoms. The Balaban J connectivity index is 4.16. The summed E-state index contributed by atoms with van der Waals surface area (Å²) in [5.41, 5.74) is 0. The van der Waals surface area contributed by atoms with E-state index in [4.69, 9.17) is 11.6 Å². The van der Waals surface area contributed by atoms with Gasteiger partial charge in [-0.15, -0.1) is 11.6 Å². The first-order valence-corrected chi connectivity index (χ1v) is 3.97. The van der Waals surface area contributed by atoms with E-state index >= 15 is 0 Å². The third kappa shape index (κ3) is 4.36. The second kappa shape index (κ2) is 5.06. The Morgan fingerprint density at radius 2 is 1.64 bits per heavy atom. The highest BCUT2D eigenvalue weighted by Gasteiger charge is 2.56. The number of rotatable bonds is 5. The molecule has 86 valence electrons. The van der Waals surface area contributed by atoms with Gasteiger partial charge in [0.25, 0.3) is 6.17 Å². The van der Waals surface area contributed by atoms with Gasteiger partial charge in [0, 0.05) is 5.88 Å². The molecule has 0 rings (SSSR count). The molecular formula is C6H7ClF6O. The Kier molecular flexibility index (Phi) is 5.00. The smallest absolute Gasteiger partial charge is 0.374 e. The largest absolute Gasteiger partial charge is 0.425 e. The van der Waals surface area contributed by atoms with Crippen molar-refractivity contribution >= 4 is 11.6 Å². The molecule has 0 aliphatic carbocycles. The van der Waals surface area contributed by atoms with Gasteiger partial charge in [0.1, 0.15) is 6.61 Å². The van der Waals surface area contributed by atoms with Gasteiger partial charge in [-0.1, -0.05) is 0 Å². The quantitative estimate of drug-likeness (QED) is 0.410. The van der Waals surface area contributed by atoms with Crippen LogP contribution in [0.15, 0.2) is 0 Å². The maximum absolute atomic E-state index is 12.4. The van der Waals surface area contributed by atoms with E-state index in [0.717, 1.165) is 0 Å². The molecule has 0 aromatic rings. The maximum atomic E-state index is 12.4. The molecule has 0 aromatic heterocycles. The van der Waals surface area contributed by atoms with Crippen LogP contribution in [0.25, 0.3) is 0 Å². The van der Waals surface area contributed by atoms with E-state index in [2.05, 4.69) is 4.74 Å². The minimum atomic E-state index is -5.59. The first-order valence-electron chi connectivity index (χ1n) is 3.44. The SMILES string of the molecule is F[C@@H](C(F)(F)F)C(F)(F)COCCCl. The average molecular weight is 245 g/mol. The summed E-state index contributed by atoms with van der Waals surface area (Å²) in [6, 6.07) is 0. The molecule has 0 saturated carbocycles. The van der Waals surface area contributed by atoms with Crippen LogP contribution in [-0.2, 0) is 4.74 Å². The van der Waals surface area contributed by atoms with Crippen molar-refractivity contribution in [2.75, 3.05) is 19.1 Å². The van der Waals surface area contributed by atoms with Gasteiger partial charge < -0.3 is 4.74 Å². The van der Waals surface area contributed by atoms with Gasteiger partial charge in [-0.25, -0.2) is 13.2 Å². The topological polar surface area (TPSA) is 9.23 Å². The first-order chi connectivity index (χ1) is 6.22. The highest BCUT2D eigenvalue weighted by atomic mass is 35.5. The van der Waals surface area contributed by atoms with Crippen molar-refractivity contribution in [3.05, 3.63) is 0 Å². The van der Waals surface area contributed by atoms with Crippen LogP contribution in [0, 0.1) is 0 Å². The Hall–Kier alpha value is -0.170. The third-order valence-corrected chi connectivity index (χ3v) is 1.33. The van der Waals surface area contributed by atoms with Crippen molar-refractivity contribution in [2.45, 2.75) is 18.3 Å². The molecule has 0 amide bonds. The molecule has 0 spiro atoms. The molecule has 0 aromatic carbocycles. The minimum absolute atomic E-state index is 0.154. The number of ether oxygens (including phenoxy) is 1. The molecule has 0 saturated heterocycles. The van der Waals surface area contributed by atoms with Gasteiger partial charge in [-0.3, -0.25) is 0 Å². The van der Waals surface area contributed by atoms with Crippen LogP contribution in [0.4, 0.5) is 26.3 Å². The van der Waals surface area contributed by atoms with Gasteiger partial charge in [0.05, 0.1) is 6.61 Å². The molecule has 0 unspecified atom stereocenters. The lowest BCUT2D eigenvalue weighted by Gasteiger charge is -2.22. The Bertz CT molecular complexity index is 170. The van der Waals surface area contributed by atoms with Gasteiger partial charge in [0.2, 0.25) is 0 Å². The summed E-state index contributed by atoms with van der Waals surface area (Å²) in [6.45, 7) is -2.00. The molecule has 0 heterocycles. The number of hydrogen-bond donors (Lipinski definition) is 0. The fourth-order valence-corrected chi connectivity index (χ4v) is 0.685. The first kappa shape index (κ1) is 13.8. The highest BCUT2D eigenvalue weighted by Crippen LogP contribution is 2.34. The number of alkyl halides is 7. The second-order valence-corrected chi connectivity index (χ2v) is 2.78. The fraction of sp³-hybridized carbons (Fsp3) is 1.00. The van der Waals surface area contributed by atoms with E-state index in [1.807, 2.05) is 0 Å². The van der Waals surface area contributed by atoms with Crippen LogP contribution < -0.4 is 0 Å². The van der Waals surface area contributed by atoms with E-state index < -0.39 is 24.9 Å². The van der Waals surface area contributed by atoms with Crippen molar-refractivity contribution in [1.82, 2.24) is 0 Å². The number of hydrogen-bond acceptors (Lipinski definition) is 1. The molecule has 1 nitrogen and oxygen atoms in total. The minimum Gasteiger partial charge on any atom is -0.374 e. The molecular weight excluding hydrogens is 238 g/mol. The summed E-state index contributed by atoms with van der Waals surface area (Å²) in [4.78, 5) is 0. The van der Waals surface area contributed by atoms with Gasteiger partial charge >= 0.3 is 12.1 Å². The zero-order valence-electron chi connectivity index (χ0n) is 6.75. The monoisotopic (exact) mass is 244 g/mol. The van der Waals surface area contributed by atoms with E-state index in [1.165, 1.54) is 0 Å². The van der Waals surface area contributed by atoms with E-state index in [0.29, 0.717) is 0 Å². The summed E-state index contributed by atoms with van der Waals surface area (Å²) in [6.07, 6.45) is -9.81. The van der Waals surface area contributed by atoms with Crippen LogP contribution in [0.2, 0.25) is 0 Å². The van der Waals surface area contributed by atoms with Crippen LogP contribution in [0.3, 0.4) is 0 Å². The van der Waals surface area contributed by atoms with Crippen LogP contribution in [0.5, 0.6) is 0 Å². The fourth-order valence-electron chi connectivity index (χ4n) is 0.575. The predicted octanol–water partition coefficient (Wildman–Crippen LogP) is 2.78. The summed E-state index contributed by atoms with van der Waals surface area (Å²) in [5.74, 6) is -4.73. The summed E-state index contributed by atoms with van der Waals surface area (Å²) in [7, 11) is 0. The normalized spacial score (nSPS) is 15.6. The summed E-state index contributed by atoms with van der Waals surface area (Å²) in [5, 5.41) is 0.